The van der Waals surface area contributed by atoms with Gasteiger partial charge in [0.2, 0.25) is 0 Å². The van der Waals surface area contributed by atoms with E-state index < -0.39 is 0 Å². The van der Waals surface area contributed by atoms with Gasteiger partial charge in [-0.15, -0.1) is 0 Å². The Morgan fingerprint density at radius 3 is 2.67 bits per heavy atom. The molecule has 0 saturated heterocycles. The molecule has 2 aromatic carbocycles. The van der Waals surface area contributed by atoms with Crippen molar-refractivity contribution in [2.75, 3.05) is 13.7 Å². The summed E-state index contributed by atoms with van der Waals surface area (Å²) in [6.45, 7) is 0.402. The number of methoxy groups -OCH3 is 1. The standard InChI is InChI=1S/C22H19NO4/c1-25-17-4-2-3-16(13-17)22(15-7-10-23-11-8-15)27-18-5-6-19-20(24)9-12-26-21(19)14-18/h2-8,10-11,13-14,22H,9,12H2,1H3/t22-/m1/s1. The normalized spacial score (nSPS) is 14.0. The number of rotatable bonds is 5. The fraction of sp³-hybridized carbons (Fsp3) is 0.182. The molecule has 0 N–H and O–H groups in total. The maximum absolute atomic E-state index is 12.0. The average molecular weight is 361 g/mol. The molecule has 5 heteroatoms. The van der Waals surface area contributed by atoms with E-state index in [1.807, 2.05) is 36.4 Å². The van der Waals surface area contributed by atoms with E-state index in [2.05, 4.69) is 4.98 Å². The van der Waals surface area contributed by atoms with Gasteiger partial charge in [0, 0.05) is 30.4 Å². The number of benzene rings is 2. The fourth-order valence-corrected chi connectivity index (χ4v) is 3.12. The first kappa shape index (κ1) is 17.1. The van der Waals surface area contributed by atoms with E-state index in [-0.39, 0.29) is 11.9 Å². The highest BCUT2D eigenvalue weighted by atomic mass is 16.5. The van der Waals surface area contributed by atoms with Gasteiger partial charge in [-0.3, -0.25) is 9.78 Å². The lowest BCUT2D eigenvalue weighted by atomic mass is 10.0. The van der Waals surface area contributed by atoms with Crippen LogP contribution in [0.5, 0.6) is 17.2 Å². The van der Waals surface area contributed by atoms with Gasteiger partial charge in [-0.05, 0) is 42.0 Å². The molecular formula is C22H19NO4. The van der Waals surface area contributed by atoms with Crippen LogP contribution in [-0.4, -0.2) is 24.5 Å². The van der Waals surface area contributed by atoms with E-state index in [0.29, 0.717) is 30.1 Å². The second-order valence-electron chi connectivity index (χ2n) is 6.23. The third-order valence-electron chi connectivity index (χ3n) is 4.50. The number of hydrogen-bond acceptors (Lipinski definition) is 5. The second-order valence-corrected chi connectivity index (χ2v) is 6.23. The van der Waals surface area contributed by atoms with Crippen molar-refractivity contribution in [2.45, 2.75) is 12.5 Å². The van der Waals surface area contributed by atoms with Gasteiger partial charge in [-0.2, -0.15) is 0 Å². The monoisotopic (exact) mass is 361 g/mol. The maximum atomic E-state index is 12.0. The zero-order valence-electron chi connectivity index (χ0n) is 14.9. The van der Waals surface area contributed by atoms with Crippen molar-refractivity contribution in [2.24, 2.45) is 0 Å². The van der Waals surface area contributed by atoms with Crippen LogP contribution < -0.4 is 14.2 Å². The Labute approximate surface area is 157 Å². The van der Waals surface area contributed by atoms with Gasteiger partial charge in [-0.25, -0.2) is 0 Å². The van der Waals surface area contributed by atoms with Crippen LogP contribution in [0.3, 0.4) is 0 Å². The highest BCUT2D eigenvalue weighted by molar-refractivity contribution is 5.99. The van der Waals surface area contributed by atoms with Gasteiger partial charge >= 0.3 is 0 Å². The minimum atomic E-state index is -0.347. The topological polar surface area (TPSA) is 57.7 Å². The number of fused-ring (bicyclic) bond motifs is 1. The molecule has 1 aromatic heterocycles. The van der Waals surface area contributed by atoms with Gasteiger partial charge in [0.05, 0.1) is 19.3 Å². The number of carbonyl (C=O) groups is 1. The number of carbonyl (C=O) groups excluding carboxylic acids is 1. The van der Waals surface area contributed by atoms with Crippen LogP contribution in [-0.2, 0) is 0 Å². The molecule has 0 aliphatic carbocycles. The fourth-order valence-electron chi connectivity index (χ4n) is 3.12. The lowest BCUT2D eigenvalue weighted by molar-refractivity contribution is 0.0933. The van der Waals surface area contributed by atoms with Gasteiger partial charge in [0.15, 0.2) is 5.78 Å². The van der Waals surface area contributed by atoms with Crippen LogP contribution in [0.2, 0.25) is 0 Å². The number of pyridine rings is 1. The Morgan fingerprint density at radius 1 is 1.00 bits per heavy atom. The number of Topliss-reactive ketones (excluding diaryl/α,β-unsaturated/α-hetero) is 1. The van der Waals surface area contributed by atoms with Gasteiger partial charge in [0.25, 0.3) is 0 Å². The van der Waals surface area contributed by atoms with Crippen molar-refractivity contribution < 1.29 is 19.0 Å². The quantitative estimate of drug-likeness (QED) is 0.681. The molecule has 4 rings (SSSR count). The molecule has 1 aliphatic heterocycles. The Balaban J connectivity index is 1.70. The van der Waals surface area contributed by atoms with Crippen molar-refractivity contribution in [3.05, 3.63) is 83.7 Å². The molecule has 2 heterocycles. The summed E-state index contributed by atoms with van der Waals surface area (Å²) in [5.74, 6) is 2.06. The van der Waals surface area contributed by atoms with Crippen LogP contribution in [0.15, 0.2) is 67.0 Å². The zero-order chi connectivity index (χ0) is 18.6. The van der Waals surface area contributed by atoms with Crippen molar-refractivity contribution in [3.8, 4) is 17.2 Å². The van der Waals surface area contributed by atoms with Gasteiger partial charge < -0.3 is 14.2 Å². The van der Waals surface area contributed by atoms with E-state index in [1.165, 1.54) is 0 Å². The molecular weight excluding hydrogens is 342 g/mol. The van der Waals surface area contributed by atoms with Crippen LogP contribution in [0.25, 0.3) is 0 Å². The molecule has 0 unspecified atom stereocenters. The van der Waals surface area contributed by atoms with E-state index in [1.54, 1.807) is 37.7 Å². The predicted molar refractivity (Wildman–Crippen MR) is 101 cm³/mol. The molecule has 0 spiro atoms. The summed E-state index contributed by atoms with van der Waals surface area (Å²) >= 11 is 0. The molecule has 0 amide bonds. The van der Waals surface area contributed by atoms with Crippen molar-refractivity contribution in [1.82, 2.24) is 4.98 Å². The first-order chi connectivity index (χ1) is 13.2. The number of ether oxygens (including phenoxy) is 3. The Kier molecular flexibility index (Phi) is 4.75. The minimum absolute atomic E-state index is 0.0984. The molecule has 0 radical (unpaired) electrons. The van der Waals surface area contributed by atoms with E-state index in [0.717, 1.165) is 16.9 Å². The van der Waals surface area contributed by atoms with Crippen molar-refractivity contribution in [1.29, 1.82) is 0 Å². The molecule has 3 aromatic rings. The zero-order valence-corrected chi connectivity index (χ0v) is 14.9. The largest absolute Gasteiger partial charge is 0.497 e. The first-order valence-electron chi connectivity index (χ1n) is 8.75. The van der Waals surface area contributed by atoms with Crippen molar-refractivity contribution >= 4 is 5.78 Å². The highest BCUT2D eigenvalue weighted by Crippen LogP contribution is 2.34. The van der Waals surface area contributed by atoms with E-state index in [9.17, 15) is 4.79 Å². The van der Waals surface area contributed by atoms with Gasteiger partial charge in [-0.1, -0.05) is 12.1 Å². The average Bonchev–Trinajstić information content (AvgIpc) is 2.73. The van der Waals surface area contributed by atoms with Crippen LogP contribution in [0, 0.1) is 0 Å². The summed E-state index contributed by atoms with van der Waals surface area (Å²) in [7, 11) is 1.64. The molecule has 136 valence electrons. The van der Waals surface area contributed by atoms with E-state index in [4.69, 9.17) is 14.2 Å². The highest BCUT2D eigenvalue weighted by Gasteiger charge is 2.21. The van der Waals surface area contributed by atoms with Crippen LogP contribution in [0.4, 0.5) is 0 Å². The molecule has 0 bridgehead atoms. The summed E-state index contributed by atoms with van der Waals surface area (Å²) < 4.78 is 17.3. The summed E-state index contributed by atoms with van der Waals surface area (Å²) in [4.78, 5) is 16.1. The van der Waals surface area contributed by atoms with Crippen LogP contribution >= 0.6 is 0 Å². The van der Waals surface area contributed by atoms with Gasteiger partial charge in [0.1, 0.15) is 23.4 Å². The lowest BCUT2D eigenvalue weighted by Crippen LogP contribution is -2.15. The number of nitrogens with zero attached hydrogens (tertiary/aromatic N) is 1. The lowest BCUT2D eigenvalue weighted by Gasteiger charge is -2.22. The first-order valence-corrected chi connectivity index (χ1v) is 8.75. The molecule has 1 atom stereocenters. The smallest absolute Gasteiger partial charge is 0.169 e. The summed E-state index contributed by atoms with van der Waals surface area (Å²) in [5, 5.41) is 0. The van der Waals surface area contributed by atoms with Crippen molar-refractivity contribution in [3.63, 3.8) is 0 Å². The Hall–Kier alpha value is -3.34. The summed E-state index contributed by atoms with van der Waals surface area (Å²) in [6, 6.07) is 17.0. The Morgan fingerprint density at radius 2 is 1.85 bits per heavy atom. The SMILES string of the molecule is COc1cccc([C@H](Oc2ccc3c(c2)OCCC3=O)c2ccncc2)c1. The third-order valence-corrected chi connectivity index (χ3v) is 4.50. The minimum Gasteiger partial charge on any atom is -0.497 e. The molecule has 0 saturated carbocycles. The molecule has 5 nitrogen and oxygen atoms in total. The summed E-state index contributed by atoms with van der Waals surface area (Å²) in [6.07, 6.45) is 3.54. The summed E-state index contributed by atoms with van der Waals surface area (Å²) in [5.41, 5.74) is 2.53. The molecule has 1 aliphatic rings. The predicted octanol–water partition coefficient (Wildman–Crippen LogP) is 4.22. The second kappa shape index (κ2) is 7.50. The number of ketones is 1. The third kappa shape index (κ3) is 3.62. The van der Waals surface area contributed by atoms with E-state index >= 15 is 0 Å². The Bertz CT molecular complexity index is 956. The maximum Gasteiger partial charge on any atom is 0.169 e. The number of hydrogen-bond donors (Lipinski definition) is 0. The molecule has 0 fully saturated rings. The van der Waals surface area contributed by atoms with Crippen LogP contribution in [0.1, 0.15) is 34.0 Å². The molecule has 27 heavy (non-hydrogen) atoms. The number of aromatic nitrogens is 1.